The van der Waals surface area contributed by atoms with Crippen LogP contribution in [0.25, 0.3) is 0 Å². The lowest BCUT2D eigenvalue weighted by Crippen LogP contribution is -2.38. The predicted molar refractivity (Wildman–Crippen MR) is 112 cm³/mol. The average molecular weight is 442 g/mol. The molecule has 0 saturated heterocycles. The number of hydrogen-bond acceptors (Lipinski definition) is 3. The highest BCUT2D eigenvalue weighted by Crippen LogP contribution is 1.95. The van der Waals surface area contributed by atoms with E-state index in [2.05, 4.69) is 41.3 Å². The number of rotatable bonds is 14. The highest BCUT2D eigenvalue weighted by molar-refractivity contribution is 14.0. The first-order chi connectivity index (χ1) is 10.8. The number of guanidine groups is 1. The van der Waals surface area contributed by atoms with Gasteiger partial charge in [-0.2, -0.15) is 0 Å². The fourth-order valence-electron chi connectivity index (χ4n) is 2.20. The van der Waals surface area contributed by atoms with Crippen LogP contribution in [0, 0.1) is 0 Å². The van der Waals surface area contributed by atoms with Gasteiger partial charge in [-0.3, -0.25) is 4.99 Å². The van der Waals surface area contributed by atoms with Gasteiger partial charge in [0.05, 0.1) is 0 Å². The number of hydrogen-bond donors (Lipinski definition) is 2. The number of nitrogens with one attached hydrogen (secondary N) is 2. The van der Waals surface area contributed by atoms with Crippen LogP contribution in [0.4, 0.5) is 0 Å². The summed E-state index contributed by atoms with van der Waals surface area (Å²) < 4.78 is 5.34. The molecule has 2 N–H and O–H groups in total. The average Bonchev–Trinajstić information content (AvgIpc) is 2.54. The Morgan fingerprint density at radius 3 is 2.30 bits per heavy atom. The van der Waals surface area contributed by atoms with E-state index in [0.717, 1.165) is 71.2 Å². The van der Waals surface area contributed by atoms with E-state index in [1.54, 1.807) is 0 Å². The molecule has 0 atom stereocenters. The van der Waals surface area contributed by atoms with Gasteiger partial charge in [0.1, 0.15) is 0 Å². The van der Waals surface area contributed by atoms with Crippen molar-refractivity contribution in [3.63, 3.8) is 0 Å². The summed E-state index contributed by atoms with van der Waals surface area (Å²) in [5.74, 6) is 0.946. The molecular weight excluding hydrogens is 403 g/mol. The Balaban J connectivity index is 0. The van der Waals surface area contributed by atoms with Gasteiger partial charge in [0.15, 0.2) is 5.96 Å². The standard InChI is InChI=1S/C17H38N4O.HI/c1-5-18-17(20-14-10-12-16-22-8-4)19-13-9-11-15-21(6-2)7-3;/h5-16H2,1-4H3,(H2,18,19,20);1H. The lowest BCUT2D eigenvalue weighted by atomic mass is 10.3. The quantitative estimate of drug-likeness (QED) is 0.188. The van der Waals surface area contributed by atoms with Crippen molar-refractivity contribution < 1.29 is 4.74 Å². The summed E-state index contributed by atoms with van der Waals surface area (Å²) in [6.45, 7) is 16.5. The van der Waals surface area contributed by atoms with Crippen LogP contribution in [-0.2, 0) is 4.74 Å². The maximum atomic E-state index is 5.34. The normalized spacial score (nSPS) is 11.4. The van der Waals surface area contributed by atoms with E-state index >= 15 is 0 Å². The molecule has 0 unspecified atom stereocenters. The third kappa shape index (κ3) is 16.6. The van der Waals surface area contributed by atoms with Crippen LogP contribution in [0.1, 0.15) is 53.4 Å². The summed E-state index contributed by atoms with van der Waals surface area (Å²) in [4.78, 5) is 7.10. The molecule has 5 nitrogen and oxygen atoms in total. The van der Waals surface area contributed by atoms with Gasteiger partial charge in [-0.1, -0.05) is 13.8 Å². The van der Waals surface area contributed by atoms with Gasteiger partial charge in [0.25, 0.3) is 0 Å². The molecule has 23 heavy (non-hydrogen) atoms. The molecule has 0 spiro atoms. The first-order valence-electron chi connectivity index (χ1n) is 9.10. The Bertz CT molecular complexity index is 261. The fraction of sp³-hybridized carbons (Fsp3) is 0.941. The Morgan fingerprint density at radius 1 is 0.957 bits per heavy atom. The predicted octanol–water partition coefficient (Wildman–Crippen LogP) is 3.10. The summed E-state index contributed by atoms with van der Waals surface area (Å²) >= 11 is 0. The van der Waals surface area contributed by atoms with Gasteiger partial charge in [0, 0.05) is 32.8 Å². The zero-order valence-corrected chi connectivity index (χ0v) is 18.0. The smallest absolute Gasteiger partial charge is 0.191 e. The van der Waals surface area contributed by atoms with E-state index in [0.29, 0.717) is 0 Å². The maximum absolute atomic E-state index is 5.34. The van der Waals surface area contributed by atoms with E-state index in [1.165, 1.54) is 13.0 Å². The van der Waals surface area contributed by atoms with Crippen LogP contribution >= 0.6 is 24.0 Å². The SMILES string of the molecule is CCNC(=NCCCCN(CC)CC)NCCCCOCC.I. The summed E-state index contributed by atoms with van der Waals surface area (Å²) in [5, 5.41) is 6.70. The van der Waals surface area contributed by atoms with Crippen LogP contribution in [0.5, 0.6) is 0 Å². The van der Waals surface area contributed by atoms with Gasteiger partial charge in [-0.25, -0.2) is 0 Å². The van der Waals surface area contributed by atoms with Crippen LogP contribution in [0.15, 0.2) is 4.99 Å². The van der Waals surface area contributed by atoms with Crippen LogP contribution in [0.3, 0.4) is 0 Å². The molecule has 0 aromatic heterocycles. The Morgan fingerprint density at radius 2 is 1.70 bits per heavy atom. The van der Waals surface area contributed by atoms with Crippen LogP contribution in [-0.4, -0.2) is 63.3 Å². The van der Waals surface area contributed by atoms with E-state index < -0.39 is 0 Å². The summed E-state index contributed by atoms with van der Waals surface area (Å²) in [5.41, 5.74) is 0. The number of unbranched alkanes of at least 4 members (excludes halogenated alkanes) is 2. The van der Waals surface area contributed by atoms with Crippen molar-refractivity contribution >= 4 is 29.9 Å². The van der Waals surface area contributed by atoms with Crippen molar-refractivity contribution in [2.75, 3.05) is 52.5 Å². The minimum atomic E-state index is 0. The largest absolute Gasteiger partial charge is 0.382 e. The van der Waals surface area contributed by atoms with Gasteiger partial charge < -0.3 is 20.3 Å². The molecule has 0 bridgehead atoms. The lowest BCUT2D eigenvalue weighted by molar-refractivity contribution is 0.143. The Hall–Kier alpha value is -0.0800. The second kappa shape index (κ2) is 20.0. The van der Waals surface area contributed by atoms with Crippen molar-refractivity contribution in [1.82, 2.24) is 15.5 Å². The van der Waals surface area contributed by atoms with Gasteiger partial charge in [-0.15, -0.1) is 24.0 Å². The molecule has 0 rings (SSSR count). The second-order valence-corrected chi connectivity index (χ2v) is 5.33. The molecule has 6 heteroatoms. The van der Waals surface area contributed by atoms with Crippen molar-refractivity contribution in [3.8, 4) is 0 Å². The lowest BCUT2D eigenvalue weighted by Gasteiger charge is -2.17. The van der Waals surface area contributed by atoms with E-state index in [9.17, 15) is 0 Å². The van der Waals surface area contributed by atoms with Gasteiger partial charge in [0.2, 0.25) is 0 Å². The molecule has 0 aromatic carbocycles. The molecular formula is C17H39IN4O. The zero-order valence-electron chi connectivity index (χ0n) is 15.7. The third-order valence-electron chi connectivity index (χ3n) is 3.60. The highest BCUT2D eigenvalue weighted by Gasteiger charge is 1.99. The molecule has 0 aliphatic rings. The topological polar surface area (TPSA) is 48.9 Å². The minimum Gasteiger partial charge on any atom is -0.382 e. The maximum Gasteiger partial charge on any atom is 0.191 e. The fourth-order valence-corrected chi connectivity index (χ4v) is 2.20. The first-order valence-corrected chi connectivity index (χ1v) is 9.10. The van der Waals surface area contributed by atoms with E-state index in [-0.39, 0.29) is 24.0 Å². The van der Waals surface area contributed by atoms with Crippen molar-refractivity contribution in [2.45, 2.75) is 53.4 Å². The van der Waals surface area contributed by atoms with Crippen molar-refractivity contribution in [3.05, 3.63) is 0 Å². The number of nitrogens with zero attached hydrogens (tertiary/aromatic N) is 2. The van der Waals surface area contributed by atoms with Crippen LogP contribution < -0.4 is 10.6 Å². The van der Waals surface area contributed by atoms with Crippen molar-refractivity contribution in [2.24, 2.45) is 4.99 Å². The molecule has 140 valence electrons. The first kappa shape index (κ1) is 25.2. The summed E-state index contributed by atoms with van der Waals surface area (Å²) in [6.07, 6.45) is 4.59. The number of halogens is 1. The Labute approximate surface area is 161 Å². The summed E-state index contributed by atoms with van der Waals surface area (Å²) in [7, 11) is 0. The monoisotopic (exact) mass is 442 g/mol. The molecule has 0 saturated carbocycles. The third-order valence-corrected chi connectivity index (χ3v) is 3.60. The van der Waals surface area contributed by atoms with Crippen molar-refractivity contribution in [1.29, 1.82) is 0 Å². The van der Waals surface area contributed by atoms with E-state index in [1.807, 2.05) is 6.92 Å². The molecule has 0 aliphatic heterocycles. The second-order valence-electron chi connectivity index (χ2n) is 5.33. The molecule has 0 heterocycles. The van der Waals surface area contributed by atoms with Crippen LogP contribution in [0.2, 0.25) is 0 Å². The zero-order chi connectivity index (χ0) is 16.5. The minimum absolute atomic E-state index is 0. The van der Waals surface area contributed by atoms with E-state index in [4.69, 9.17) is 4.74 Å². The van der Waals surface area contributed by atoms with Gasteiger partial charge >= 0.3 is 0 Å². The number of ether oxygens (including phenoxy) is 1. The molecule has 0 aromatic rings. The van der Waals surface area contributed by atoms with Gasteiger partial charge in [-0.05, 0) is 59.2 Å². The molecule has 0 radical (unpaired) electrons. The highest BCUT2D eigenvalue weighted by atomic mass is 127. The summed E-state index contributed by atoms with van der Waals surface area (Å²) in [6, 6.07) is 0. The molecule has 0 aliphatic carbocycles. The molecule has 0 fully saturated rings. The Kier molecular flexibility index (Phi) is 21.8. The number of aliphatic imine (C=N–C) groups is 1. The molecule has 0 amide bonds.